The van der Waals surface area contributed by atoms with E-state index in [1.165, 1.54) is 12.1 Å². The summed E-state index contributed by atoms with van der Waals surface area (Å²) in [5.74, 6) is 0.442. The first kappa shape index (κ1) is 16.2. The predicted molar refractivity (Wildman–Crippen MR) is 89.6 cm³/mol. The third-order valence-electron chi connectivity index (χ3n) is 3.98. The van der Waals surface area contributed by atoms with Gasteiger partial charge in [-0.1, -0.05) is 0 Å². The third-order valence-corrected chi connectivity index (χ3v) is 3.98. The Hall–Kier alpha value is -2.63. The van der Waals surface area contributed by atoms with Gasteiger partial charge in [0.1, 0.15) is 17.7 Å². The maximum Gasteiger partial charge on any atom is 0.321 e. The van der Waals surface area contributed by atoms with Crippen LogP contribution in [0.1, 0.15) is 18.4 Å². The molecule has 6 heteroatoms. The van der Waals surface area contributed by atoms with E-state index in [1.54, 1.807) is 30.3 Å². The number of hydrogen-bond donors (Lipinski definition) is 1. The Labute approximate surface area is 140 Å². The predicted octanol–water partition coefficient (Wildman–Crippen LogP) is 3.60. The van der Waals surface area contributed by atoms with Crippen molar-refractivity contribution in [3.63, 3.8) is 0 Å². The van der Waals surface area contributed by atoms with Crippen molar-refractivity contribution in [2.45, 2.75) is 25.9 Å². The van der Waals surface area contributed by atoms with E-state index >= 15 is 0 Å². The molecule has 1 saturated heterocycles. The van der Waals surface area contributed by atoms with E-state index in [2.05, 4.69) is 10.3 Å². The lowest BCUT2D eigenvalue weighted by Crippen LogP contribution is -2.43. The van der Waals surface area contributed by atoms with Crippen molar-refractivity contribution in [2.75, 3.05) is 18.4 Å². The van der Waals surface area contributed by atoms with Crippen molar-refractivity contribution < 1.29 is 13.9 Å². The highest BCUT2D eigenvalue weighted by Crippen LogP contribution is 2.19. The van der Waals surface area contributed by atoms with Gasteiger partial charge >= 0.3 is 6.03 Å². The number of carbonyl (C=O) groups excluding carboxylic acids is 1. The Kier molecular flexibility index (Phi) is 4.93. The number of likely N-dealkylation sites (tertiary alicyclic amines) is 1. The number of ether oxygens (including phenoxy) is 1. The first-order valence-corrected chi connectivity index (χ1v) is 8.00. The summed E-state index contributed by atoms with van der Waals surface area (Å²) in [7, 11) is 0. The number of aromatic nitrogens is 1. The zero-order chi connectivity index (χ0) is 16.9. The maximum atomic E-state index is 13.4. The normalized spacial score (nSPS) is 15.2. The summed E-state index contributed by atoms with van der Waals surface area (Å²) in [6.45, 7) is 3.01. The van der Waals surface area contributed by atoms with Gasteiger partial charge < -0.3 is 15.0 Å². The second-order valence-corrected chi connectivity index (χ2v) is 5.93. The van der Waals surface area contributed by atoms with Gasteiger partial charge in [-0.05, 0) is 42.8 Å². The molecule has 0 radical (unpaired) electrons. The topological polar surface area (TPSA) is 54.5 Å². The van der Waals surface area contributed by atoms with Gasteiger partial charge in [0, 0.05) is 44.0 Å². The molecule has 1 aromatic carbocycles. The summed E-state index contributed by atoms with van der Waals surface area (Å²) >= 11 is 0. The van der Waals surface area contributed by atoms with Gasteiger partial charge in [-0.25, -0.2) is 9.18 Å². The fraction of sp³-hybridized carbons (Fsp3) is 0.333. The quantitative estimate of drug-likeness (QED) is 0.936. The van der Waals surface area contributed by atoms with Crippen LogP contribution in [0.15, 0.2) is 42.7 Å². The molecule has 0 spiro atoms. The molecule has 0 saturated carbocycles. The Morgan fingerprint density at radius 2 is 1.96 bits per heavy atom. The highest BCUT2D eigenvalue weighted by atomic mass is 19.1. The smallest absolute Gasteiger partial charge is 0.321 e. The summed E-state index contributed by atoms with van der Waals surface area (Å²) in [5, 5.41) is 2.76. The van der Waals surface area contributed by atoms with Crippen molar-refractivity contribution in [2.24, 2.45) is 0 Å². The van der Waals surface area contributed by atoms with Gasteiger partial charge in [0.2, 0.25) is 0 Å². The van der Waals surface area contributed by atoms with Gasteiger partial charge in [-0.3, -0.25) is 4.98 Å². The van der Waals surface area contributed by atoms with Gasteiger partial charge in [-0.15, -0.1) is 0 Å². The molecule has 2 amide bonds. The Balaban J connectivity index is 1.51. The molecule has 0 atom stereocenters. The SMILES string of the molecule is Cc1cc(F)cc(NC(=O)N2CCC(Oc3ccncc3)CC2)c1. The maximum absolute atomic E-state index is 13.4. The van der Waals surface area contributed by atoms with Crippen molar-refractivity contribution in [3.8, 4) is 5.75 Å². The number of nitrogens with one attached hydrogen (secondary N) is 1. The number of hydrogen-bond acceptors (Lipinski definition) is 3. The number of aryl methyl sites for hydroxylation is 1. The van der Waals surface area contributed by atoms with Gasteiger partial charge in [-0.2, -0.15) is 0 Å². The average molecular weight is 329 g/mol. The molecule has 126 valence electrons. The summed E-state index contributed by atoms with van der Waals surface area (Å²) in [6, 6.07) is 7.95. The van der Waals surface area contributed by atoms with E-state index in [-0.39, 0.29) is 18.0 Å². The molecular formula is C18H20FN3O2. The summed E-state index contributed by atoms with van der Waals surface area (Å²) in [4.78, 5) is 18.0. The average Bonchev–Trinajstić information content (AvgIpc) is 2.55. The second-order valence-electron chi connectivity index (χ2n) is 5.93. The van der Waals surface area contributed by atoms with Gasteiger partial charge in [0.15, 0.2) is 0 Å². The van der Waals surface area contributed by atoms with Crippen LogP contribution < -0.4 is 10.1 Å². The van der Waals surface area contributed by atoms with Crippen molar-refractivity contribution in [1.82, 2.24) is 9.88 Å². The molecule has 0 aliphatic carbocycles. The van der Waals surface area contributed by atoms with Crippen LogP contribution in [0.3, 0.4) is 0 Å². The van der Waals surface area contributed by atoms with E-state index in [4.69, 9.17) is 4.74 Å². The highest BCUT2D eigenvalue weighted by Gasteiger charge is 2.24. The summed E-state index contributed by atoms with van der Waals surface area (Å²) in [6.07, 6.45) is 5.00. The minimum absolute atomic E-state index is 0.0906. The van der Waals surface area contributed by atoms with Gasteiger partial charge in [0.25, 0.3) is 0 Å². The zero-order valence-electron chi connectivity index (χ0n) is 13.5. The molecular weight excluding hydrogens is 309 g/mol. The van der Waals surface area contributed by atoms with Crippen LogP contribution in [-0.2, 0) is 0 Å². The van der Waals surface area contributed by atoms with Crippen molar-refractivity contribution in [1.29, 1.82) is 0 Å². The number of anilines is 1. The van der Waals surface area contributed by atoms with Crippen molar-refractivity contribution in [3.05, 3.63) is 54.1 Å². The zero-order valence-corrected chi connectivity index (χ0v) is 13.5. The fourth-order valence-corrected chi connectivity index (χ4v) is 2.80. The lowest BCUT2D eigenvalue weighted by Gasteiger charge is -2.32. The molecule has 0 bridgehead atoms. The van der Waals surface area contributed by atoms with E-state index in [0.717, 1.165) is 24.2 Å². The Bertz CT molecular complexity index is 680. The number of nitrogens with zero attached hydrogens (tertiary/aromatic N) is 2. The molecule has 24 heavy (non-hydrogen) atoms. The molecule has 1 aromatic heterocycles. The molecule has 1 aliphatic rings. The standard InChI is InChI=1S/C18H20FN3O2/c1-13-10-14(19)12-15(11-13)21-18(23)22-8-4-17(5-9-22)24-16-2-6-20-7-3-16/h2-3,6-7,10-12,17H,4-5,8-9H2,1H3,(H,21,23). The van der Waals surface area contributed by atoms with Crippen molar-refractivity contribution >= 4 is 11.7 Å². The van der Waals surface area contributed by atoms with E-state index < -0.39 is 0 Å². The van der Waals surface area contributed by atoms with Crippen LogP contribution in [0.25, 0.3) is 0 Å². The Morgan fingerprint density at radius 1 is 1.25 bits per heavy atom. The molecule has 1 fully saturated rings. The number of halogens is 1. The molecule has 2 aromatic rings. The lowest BCUT2D eigenvalue weighted by atomic mass is 10.1. The minimum Gasteiger partial charge on any atom is -0.490 e. The molecule has 5 nitrogen and oxygen atoms in total. The van der Waals surface area contributed by atoms with Crippen LogP contribution in [0.4, 0.5) is 14.9 Å². The number of benzene rings is 1. The largest absolute Gasteiger partial charge is 0.490 e. The first-order chi connectivity index (χ1) is 11.6. The van der Waals surface area contributed by atoms with E-state index in [0.29, 0.717) is 18.8 Å². The molecule has 0 unspecified atom stereocenters. The highest BCUT2D eigenvalue weighted by molar-refractivity contribution is 5.89. The summed E-state index contributed by atoms with van der Waals surface area (Å²) in [5.41, 5.74) is 1.25. The number of carbonyl (C=O) groups is 1. The fourth-order valence-electron chi connectivity index (χ4n) is 2.80. The molecule has 1 N–H and O–H groups in total. The number of rotatable bonds is 3. The molecule has 2 heterocycles. The van der Waals surface area contributed by atoms with Crippen LogP contribution in [-0.4, -0.2) is 35.1 Å². The third kappa shape index (κ3) is 4.22. The number of piperidine rings is 1. The monoisotopic (exact) mass is 329 g/mol. The van der Waals surface area contributed by atoms with E-state index in [1.807, 2.05) is 12.1 Å². The van der Waals surface area contributed by atoms with Crippen LogP contribution in [0.2, 0.25) is 0 Å². The first-order valence-electron chi connectivity index (χ1n) is 8.00. The number of urea groups is 1. The van der Waals surface area contributed by atoms with Crippen LogP contribution in [0.5, 0.6) is 5.75 Å². The van der Waals surface area contributed by atoms with E-state index in [9.17, 15) is 9.18 Å². The number of pyridine rings is 1. The Morgan fingerprint density at radius 3 is 2.62 bits per heavy atom. The summed E-state index contributed by atoms with van der Waals surface area (Å²) < 4.78 is 19.3. The second kappa shape index (κ2) is 7.29. The van der Waals surface area contributed by atoms with Crippen LogP contribution in [0, 0.1) is 12.7 Å². The number of amides is 2. The lowest BCUT2D eigenvalue weighted by molar-refractivity contribution is 0.115. The van der Waals surface area contributed by atoms with Crippen LogP contribution >= 0.6 is 0 Å². The molecule has 1 aliphatic heterocycles. The minimum atomic E-state index is -0.352. The van der Waals surface area contributed by atoms with Gasteiger partial charge in [0.05, 0.1) is 0 Å². The molecule has 3 rings (SSSR count).